The van der Waals surface area contributed by atoms with Crippen molar-refractivity contribution in [2.75, 3.05) is 29.9 Å². The lowest BCUT2D eigenvalue weighted by atomic mass is 10.1. The van der Waals surface area contributed by atoms with Crippen LogP contribution in [0.15, 0.2) is 12.1 Å². The minimum atomic E-state index is -0.330. The number of nitrogens with zero attached hydrogens (tertiary/aromatic N) is 1. The first-order valence-electron chi connectivity index (χ1n) is 7.41. The van der Waals surface area contributed by atoms with Gasteiger partial charge >= 0.3 is 0 Å². The van der Waals surface area contributed by atoms with E-state index in [1.54, 1.807) is 0 Å². The van der Waals surface area contributed by atoms with Gasteiger partial charge in [-0.2, -0.15) is 0 Å². The molecular weight excluding hydrogens is 290 g/mol. The largest absolute Gasteiger partial charge is 0.394 e. The summed E-state index contributed by atoms with van der Waals surface area (Å²) in [6.45, 7) is 3.70. The number of hydrogen-bond donors (Lipinski definition) is 3. The summed E-state index contributed by atoms with van der Waals surface area (Å²) in [6.07, 6.45) is 2.02. The summed E-state index contributed by atoms with van der Waals surface area (Å²) < 4.78 is 0. The smallest absolute Gasteiger partial charge is 0.246 e. The van der Waals surface area contributed by atoms with Crippen LogP contribution in [0.1, 0.15) is 31.4 Å². The number of aliphatic hydroxyl groups excluding tert-OH is 1. The molecule has 1 aromatic rings. The van der Waals surface area contributed by atoms with Crippen LogP contribution >= 0.6 is 11.6 Å². The molecule has 0 bridgehead atoms. The molecule has 1 aromatic carbocycles. The maximum Gasteiger partial charge on any atom is 0.246 e. The molecule has 21 heavy (non-hydrogen) atoms. The quantitative estimate of drug-likeness (QED) is 0.795. The first-order chi connectivity index (χ1) is 10.2. The predicted molar refractivity (Wildman–Crippen MR) is 84.0 cm³/mol. The van der Waals surface area contributed by atoms with Crippen molar-refractivity contribution in [3.8, 4) is 0 Å². The standard InChI is InChI=1S/C15H20ClN3O2/c1-2-17-14-10-6-11(16)13(7-12(10)18-15(14)21)19-5-3-4-9(19)8-20/h6-7,9,14,17,20H,2-5,8H2,1H3,(H,18,21). The SMILES string of the molecule is CCNC1C(=O)Nc2cc(N3CCCC3CO)c(Cl)cc21. The Kier molecular flexibility index (Phi) is 4.06. The van der Waals surface area contributed by atoms with E-state index in [1.165, 1.54) is 0 Å². The van der Waals surface area contributed by atoms with Crippen molar-refractivity contribution in [3.05, 3.63) is 22.7 Å². The molecule has 5 nitrogen and oxygen atoms in total. The number of anilines is 2. The van der Waals surface area contributed by atoms with Crippen LogP contribution in [0.4, 0.5) is 11.4 Å². The average Bonchev–Trinajstić information content (AvgIpc) is 3.04. The van der Waals surface area contributed by atoms with Gasteiger partial charge in [-0.25, -0.2) is 0 Å². The number of fused-ring (bicyclic) bond motifs is 1. The lowest BCUT2D eigenvalue weighted by Crippen LogP contribution is -2.32. The minimum Gasteiger partial charge on any atom is -0.394 e. The molecule has 0 saturated carbocycles. The molecule has 2 aliphatic rings. The number of nitrogens with one attached hydrogen (secondary N) is 2. The molecule has 114 valence electrons. The van der Waals surface area contributed by atoms with Gasteiger partial charge in [0, 0.05) is 17.8 Å². The average molecular weight is 310 g/mol. The van der Waals surface area contributed by atoms with E-state index in [1.807, 2.05) is 19.1 Å². The van der Waals surface area contributed by atoms with Crippen molar-refractivity contribution in [3.63, 3.8) is 0 Å². The van der Waals surface area contributed by atoms with E-state index < -0.39 is 0 Å². The second-order valence-corrected chi connectivity index (χ2v) is 5.95. The van der Waals surface area contributed by atoms with E-state index in [0.29, 0.717) is 5.02 Å². The number of rotatable bonds is 4. The predicted octanol–water partition coefficient (Wildman–Crippen LogP) is 1.90. The molecule has 0 aromatic heterocycles. The summed E-state index contributed by atoms with van der Waals surface area (Å²) in [6, 6.07) is 3.58. The number of hydrogen-bond acceptors (Lipinski definition) is 4. The van der Waals surface area contributed by atoms with Crippen LogP contribution in [-0.2, 0) is 4.79 Å². The third-order valence-electron chi connectivity index (χ3n) is 4.26. The van der Waals surface area contributed by atoms with E-state index in [-0.39, 0.29) is 24.6 Å². The Morgan fingerprint density at radius 3 is 3.05 bits per heavy atom. The molecule has 3 rings (SSSR count). The van der Waals surface area contributed by atoms with E-state index >= 15 is 0 Å². The van der Waals surface area contributed by atoms with Gasteiger partial charge in [0.25, 0.3) is 0 Å². The molecule has 0 aliphatic carbocycles. The highest BCUT2D eigenvalue weighted by molar-refractivity contribution is 6.33. The van der Waals surface area contributed by atoms with Crippen LogP contribution < -0.4 is 15.5 Å². The number of halogens is 1. The number of likely N-dealkylation sites (N-methyl/N-ethyl adjacent to an activating group) is 1. The Balaban J connectivity index is 1.96. The van der Waals surface area contributed by atoms with Gasteiger partial charge < -0.3 is 20.6 Å². The van der Waals surface area contributed by atoms with Crippen LogP contribution in [0.2, 0.25) is 5.02 Å². The monoisotopic (exact) mass is 309 g/mol. The second kappa shape index (κ2) is 5.83. The lowest BCUT2D eigenvalue weighted by Gasteiger charge is -2.27. The molecule has 2 aliphatic heterocycles. The number of benzene rings is 1. The highest BCUT2D eigenvalue weighted by atomic mass is 35.5. The lowest BCUT2D eigenvalue weighted by molar-refractivity contribution is -0.117. The Morgan fingerprint density at radius 2 is 2.33 bits per heavy atom. The molecule has 2 unspecified atom stereocenters. The van der Waals surface area contributed by atoms with Gasteiger partial charge in [-0.1, -0.05) is 18.5 Å². The Morgan fingerprint density at radius 1 is 1.52 bits per heavy atom. The van der Waals surface area contributed by atoms with E-state index in [2.05, 4.69) is 15.5 Å². The molecule has 2 heterocycles. The van der Waals surface area contributed by atoms with Crippen molar-refractivity contribution < 1.29 is 9.90 Å². The molecule has 3 N–H and O–H groups in total. The maximum atomic E-state index is 12.0. The van der Waals surface area contributed by atoms with Gasteiger partial charge in [0.05, 0.1) is 23.4 Å². The van der Waals surface area contributed by atoms with Crippen molar-refractivity contribution in [1.29, 1.82) is 0 Å². The Hall–Kier alpha value is -1.30. The molecule has 1 saturated heterocycles. The first-order valence-corrected chi connectivity index (χ1v) is 7.78. The first kappa shape index (κ1) is 14.6. The highest BCUT2D eigenvalue weighted by Gasteiger charge is 2.33. The van der Waals surface area contributed by atoms with Gasteiger partial charge in [-0.3, -0.25) is 4.79 Å². The fraction of sp³-hybridized carbons (Fsp3) is 0.533. The van der Waals surface area contributed by atoms with Gasteiger partial charge in [0.2, 0.25) is 5.91 Å². The molecule has 1 amide bonds. The van der Waals surface area contributed by atoms with Crippen LogP contribution in [0.3, 0.4) is 0 Å². The summed E-state index contributed by atoms with van der Waals surface area (Å²) in [5, 5.41) is 16.2. The fourth-order valence-electron chi connectivity index (χ4n) is 3.24. The van der Waals surface area contributed by atoms with Gasteiger partial charge in [0.1, 0.15) is 6.04 Å². The number of carbonyl (C=O) groups excluding carboxylic acids is 1. The van der Waals surface area contributed by atoms with Crippen molar-refractivity contribution >= 4 is 28.9 Å². The minimum absolute atomic E-state index is 0.0415. The topological polar surface area (TPSA) is 64.6 Å². The van der Waals surface area contributed by atoms with Gasteiger partial charge in [-0.05, 0) is 31.5 Å². The van der Waals surface area contributed by atoms with E-state index in [9.17, 15) is 9.90 Å². The molecule has 0 radical (unpaired) electrons. The molecule has 0 spiro atoms. The normalized spacial score (nSPS) is 24.3. The second-order valence-electron chi connectivity index (χ2n) is 5.54. The molecule has 6 heteroatoms. The zero-order chi connectivity index (χ0) is 15.0. The molecular formula is C15H20ClN3O2. The third kappa shape index (κ3) is 2.50. The summed E-state index contributed by atoms with van der Waals surface area (Å²) in [5.74, 6) is -0.0415. The summed E-state index contributed by atoms with van der Waals surface area (Å²) in [7, 11) is 0. The number of carbonyl (C=O) groups is 1. The van der Waals surface area contributed by atoms with Crippen LogP contribution in [-0.4, -0.2) is 36.8 Å². The third-order valence-corrected chi connectivity index (χ3v) is 4.56. The zero-order valence-electron chi connectivity index (χ0n) is 12.0. The molecule has 2 atom stereocenters. The van der Waals surface area contributed by atoms with E-state index in [4.69, 9.17) is 11.6 Å². The number of amides is 1. The van der Waals surface area contributed by atoms with E-state index in [0.717, 1.165) is 42.9 Å². The maximum absolute atomic E-state index is 12.0. The Bertz CT molecular complexity index is 564. The van der Waals surface area contributed by atoms with Gasteiger partial charge in [-0.15, -0.1) is 0 Å². The highest BCUT2D eigenvalue weighted by Crippen LogP contribution is 2.40. The van der Waals surface area contributed by atoms with Crippen molar-refractivity contribution in [2.24, 2.45) is 0 Å². The van der Waals surface area contributed by atoms with Crippen LogP contribution in [0, 0.1) is 0 Å². The van der Waals surface area contributed by atoms with Crippen molar-refractivity contribution in [2.45, 2.75) is 31.8 Å². The van der Waals surface area contributed by atoms with Crippen LogP contribution in [0.5, 0.6) is 0 Å². The summed E-state index contributed by atoms with van der Waals surface area (Å²) in [4.78, 5) is 14.1. The molecule has 1 fully saturated rings. The van der Waals surface area contributed by atoms with Crippen molar-refractivity contribution in [1.82, 2.24) is 5.32 Å². The summed E-state index contributed by atoms with van der Waals surface area (Å²) >= 11 is 6.43. The number of aliphatic hydroxyl groups is 1. The Labute approximate surface area is 129 Å². The zero-order valence-corrected chi connectivity index (χ0v) is 12.8. The van der Waals surface area contributed by atoms with Crippen LogP contribution in [0.25, 0.3) is 0 Å². The summed E-state index contributed by atoms with van der Waals surface area (Å²) in [5.41, 5.74) is 2.61. The van der Waals surface area contributed by atoms with Gasteiger partial charge in [0.15, 0.2) is 0 Å². The fourth-order valence-corrected chi connectivity index (χ4v) is 3.52.